The summed E-state index contributed by atoms with van der Waals surface area (Å²) in [5.41, 5.74) is 0. The highest BCUT2D eigenvalue weighted by molar-refractivity contribution is 7.89. The first-order chi connectivity index (χ1) is 9.37. The van der Waals surface area contributed by atoms with Crippen LogP contribution in [0.3, 0.4) is 0 Å². The highest BCUT2D eigenvalue weighted by atomic mass is 35.5. The molecule has 1 aliphatic heterocycles. The molecule has 20 heavy (non-hydrogen) atoms. The molecule has 0 radical (unpaired) electrons. The van der Waals surface area contributed by atoms with Crippen molar-refractivity contribution in [3.05, 3.63) is 23.2 Å². The van der Waals surface area contributed by atoms with Gasteiger partial charge in [0.15, 0.2) is 0 Å². The Morgan fingerprint density at radius 2 is 2.20 bits per heavy atom. The van der Waals surface area contributed by atoms with Gasteiger partial charge in [-0.1, -0.05) is 11.6 Å². The van der Waals surface area contributed by atoms with Crippen LogP contribution in [0.15, 0.2) is 23.1 Å². The molecule has 1 atom stereocenters. The van der Waals surface area contributed by atoms with E-state index in [9.17, 15) is 13.2 Å². The molecule has 0 saturated carbocycles. The maximum absolute atomic E-state index is 12.6. The average Bonchev–Trinajstić information content (AvgIpc) is 2.88. The third-order valence-electron chi connectivity index (χ3n) is 3.20. The van der Waals surface area contributed by atoms with Crippen molar-refractivity contribution >= 4 is 27.6 Å². The van der Waals surface area contributed by atoms with Gasteiger partial charge < -0.3 is 9.84 Å². The predicted molar refractivity (Wildman–Crippen MR) is 72.6 cm³/mol. The van der Waals surface area contributed by atoms with E-state index in [1.165, 1.54) is 25.3 Å². The largest absolute Gasteiger partial charge is 0.495 e. The molecule has 1 aromatic rings. The van der Waals surface area contributed by atoms with Crippen molar-refractivity contribution in [2.75, 3.05) is 13.7 Å². The number of hydrogen-bond acceptors (Lipinski definition) is 4. The summed E-state index contributed by atoms with van der Waals surface area (Å²) in [6.45, 7) is 0.176. The van der Waals surface area contributed by atoms with Gasteiger partial charge in [0.05, 0.1) is 7.11 Å². The number of nitrogens with zero attached hydrogens (tertiary/aromatic N) is 1. The summed E-state index contributed by atoms with van der Waals surface area (Å²) >= 11 is 5.83. The zero-order valence-electron chi connectivity index (χ0n) is 10.7. The van der Waals surface area contributed by atoms with E-state index in [0.29, 0.717) is 12.8 Å². The van der Waals surface area contributed by atoms with Crippen molar-refractivity contribution in [2.24, 2.45) is 0 Å². The minimum absolute atomic E-state index is 0.111. The number of sulfonamides is 1. The fourth-order valence-electron chi connectivity index (χ4n) is 2.25. The second-order valence-electron chi connectivity index (χ2n) is 4.41. The lowest BCUT2D eigenvalue weighted by Gasteiger charge is -2.22. The molecule has 6 nitrogen and oxygen atoms in total. The summed E-state index contributed by atoms with van der Waals surface area (Å²) in [6.07, 6.45) is 0.816. The number of methoxy groups -OCH3 is 1. The Morgan fingerprint density at radius 3 is 2.80 bits per heavy atom. The number of aliphatic carboxylic acids is 1. The van der Waals surface area contributed by atoms with Crippen molar-refractivity contribution in [1.29, 1.82) is 0 Å². The maximum Gasteiger partial charge on any atom is 0.322 e. The molecule has 0 spiro atoms. The number of ether oxygens (including phenoxy) is 1. The van der Waals surface area contributed by atoms with Crippen molar-refractivity contribution in [3.63, 3.8) is 0 Å². The van der Waals surface area contributed by atoms with Crippen LogP contribution in [0.2, 0.25) is 5.02 Å². The van der Waals surface area contributed by atoms with Gasteiger partial charge in [-0.05, 0) is 31.0 Å². The molecule has 0 aliphatic carbocycles. The van der Waals surface area contributed by atoms with E-state index in [-0.39, 0.29) is 22.2 Å². The van der Waals surface area contributed by atoms with E-state index < -0.39 is 22.0 Å². The number of rotatable bonds is 4. The zero-order valence-corrected chi connectivity index (χ0v) is 12.3. The molecule has 1 aliphatic rings. The lowest BCUT2D eigenvalue weighted by Crippen LogP contribution is -2.40. The second kappa shape index (κ2) is 5.59. The van der Waals surface area contributed by atoms with E-state index in [4.69, 9.17) is 21.4 Å². The number of benzene rings is 1. The molecule has 2 rings (SSSR count). The van der Waals surface area contributed by atoms with Crippen LogP contribution in [0.5, 0.6) is 5.75 Å². The van der Waals surface area contributed by atoms with Crippen LogP contribution >= 0.6 is 11.6 Å². The van der Waals surface area contributed by atoms with E-state index in [0.717, 1.165) is 4.31 Å². The van der Waals surface area contributed by atoms with Gasteiger partial charge in [-0.15, -0.1) is 0 Å². The molecule has 0 amide bonds. The van der Waals surface area contributed by atoms with Gasteiger partial charge >= 0.3 is 5.97 Å². The van der Waals surface area contributed by atoms with Crippen LogP contribution < -0.4 is 4.74 Å². The monoisotopic (exact) mass is 319 g/mol. The van der Waals surface area contributed by atoms with Gasteiger partial charge in [-0.3, -0.25) is 4.79 Å². The summed E-state index contributed by atoms with van der Waals surface area (Å²) in [7, 11) is -2.61. The van der Waals surface area contributed by atoms with E-state index in [1.807, 2.05) is 0 Å². The Bertz CT molecular complexity index is 631. The average molecular weight is 320 g/mol. The van der Waals surface area contributed by atoms with Gasteiger partial charge in [0.1, 0.15) is 16.7 Å². The number of carboxylic acids is 1. The number of carbonyl (C=O) groups is 1. The number of hydrogen-bond donors (Lipinski definition) is 1. The molecule has 1 N–H and O–H groups in total. The Hall–Kier alpha value is -1.31. The summed E-state index contributed by atoms with van der Waals surface area (Å²) in [4.78, 5) is 11.0. The van der Waals surface area contributed by atoms with E-state index in [2.05, 4.69) is 0 Å². The molecule has 1 heterocycles. The lowest BCUT2D eigenvalue weighted by atomic mass is 10.2. The van der Waals surface area contributed by atoms with Gasteiger partial charge in [0, 0.05) is 11.6 Å². The molecule has 110 valence electrons. The first-order valence-corrected chi connectivity index (χ1v) is 7.78. The standard InChI is InChI=1S/C12H14ClNO5S/c1-19-10-5-4-8(13)7-11(10)20(17,18)14-6-2-3-9(14)12(15)16/h4-5,7,9H,2-3,6H2,1H3,(H,15,16)/t9-/m1/s1. The molecule has 1 saturated heterocycles. The minimum Gasteiger partial charge on any atom is -0.495 e. The quantitative estimate of drug-likeness (QED) is 0.911. The molecule has 0 bridgehead atoms. The molecular weight excluding hydrogens is 306 g/mol. The van der Waals surface area contributed by atoms with Crippen LogP contribution in [0.25, 0.3) is 0 Å². The molecular formula is C12H14ClNO5S. The fraction of sp³-hybridized carbons (Fsp3) is 0.417. The third-order valence-corrected chi connectivity index (χ3v) is 5.37. The van der Waals surface area contributed by atoms with Gasteiger partial charge in [-0.25, -0.2) is 8.42 Å². The number of halogens is 1. The highest BCUT2D eigenvalue weighted by Crippen LogP contribution is 2.33. The summed E-state index contributed by atoms with van der Waals surface area (Å²) in [5, 5.41) is 9.36. The van der Waals surface area contributed by atoms with Crippen molar-refractivity contribution in [2.45, 2.75) is 23.8 Å². The van der Waals surface area contributed by atoms with Crippen LogP contribution in [0.1, 0.15) is 12.8 Å². The number of carboxylic acid groups (broad SMARTS) is 1. The highest BCUT2D eigenvalue weighted by Gasteiger charge is 2.40. The molecule has 0 aromatic heterocycles. The predicted octanol–water partition coefficient (Wildman–Crippen LogP) is 1.59. The smallest absolute Gasteiger partial charge is 0.322 e. The Balaban J connectivity index is 2.50. The topological polar surface area (TPSA) is 83.9 Å². The molecule has 0 unspecified atom stereocenters. The van der Waals surface area contributed by atoms with Gasteiger partial charge in [0.25, 0.3) is 0 Å². The summed E-state index contributed by atoms with van der Waals surface area (Å²) < 4.78 is 31.2. The van der Waals surface area contributed by atoms with Gasteiger partial charge in [0.2, 0.25) is 10.0 Å². The third kappa shape index (κ3) is 2.61. The Labute approximate surface area is 122 Å². The molecule has 1 aromatic carbocycles. The SMILES string of the molecule is COc1ccc(Cl)cc1S(=O)(=O)N1CCC[C@@H]1C(=O)O. The van der Waals surface area contributed by atoms with Crippen LogP contribution in [0, 0.1) is 0 Å². The molecule has 8 heteroatoms. The Kier molecular flexibility index (Phi) is 4.22. The minimum atomic E-state index is -3.96. The van der Waals surface area contributed by atoms with E-state index >= 15 is 0 Å². The molecule has 1 fully saturated rings. The fourth-order valence-corrected chi connectivity index (χ4v) is 4.32. The van der Waals surface area contributed by atoms with E-state index in [1.54, 1.807) is 0 Å². The van der Waals surface area contributed by atoms with Crippen LogP contribution in [-0.2, 0) is 14.8 Å². The van der Waals surface area contributed by atoms with Gasteiger partial charge in [-0.2, -0.15) is 4.31 Å². The van der Waals surface area contributed by atoms with Crippen LogP contribution in [-0.4, -0.2) is 43.5 Å². The van der Waals surface area contributed by atoms with Crippen LogP contribution in [0.4, 0.5) is 0 Å². The zero-order chi connectivity index (χ0) is 14.9. The first kappa shape index (κ1) is 15.1. The van der Waals surface area contributed by atoms with Crippen molar-refractivity contribution in [1.82, 2.24) is 4.31 Å². The first-order valence-electron chi connectivity index (χ1n) is 5.96. The van der Waals surface area contributed by atoms with Crippen molar-refractivity contribution in [3.8, 4) is 5.75 Å². The van der Waals surface area contributed by atoms with Crippen molar-refractivity contribution < 1.29 is 23.1 Å². The maximum atomic E-state index is 12.6. The Morgan fingerprint density at radius 1 is 1.50 bits per heavy atom. The second-order valence-corrected chi connectivity index (χ2v) is 6.70. The summed E-state index contributed by atoms with van der Waals surface area (Å²) in [6, 6.07) is 3.19. The lowest BCUT2D eigenvalue weighted by molar-refractivity contribution is -0.140. The summed E-state index contributed by atoms with van der Waals surface area (Å²) in [5.74, 6) is -1.00. The normalized spacial score (nSPS) is 20.0.